The molecule has 44 heavy (non-hydrogen) atoms. The number of hydrogen-bond acceptors (Lipinski definition) is 7. The summed E-state index contributed by atoms with van der Waals surface area (Å²) < 4.78 is 29.7. The lowest BCUT2D eigenvalue weighted by atomic mass is 10.0. The Balaban J connectivity index is 1.18. The van der Waals surface area contributed by atoms with Gasteiger partial charge in [0.25, 0.3) is 11.5 Å². The van der Waals surface area contributed by atoms with Crippen molar-refractivity contribution in [2.45, 2.75) is 45.2 Å². The highest BCUT2D eigenvalue weighted by molar-refractivity contribution is 6.04. The van der Waals surface area contributed by atoms with E-state index in [1.54, 1.807) is 18.3 Å². The first-order valence-corrected chi connectivity index (χ1v) is 14.5. The molecule has 226 valence electrons. The molecule has 1 fully saturated rings. The van der Waals surface area contributed by atoms with Gasteiger partial charge in [0.15, 0.2) is 11.5 Å². The second kappa shape index (κ2) is 12.3. The van der Waals surface area contributed by atoms with Crippen molar-refractivity contribution in [3.63, 3.8) is 0 Å². The van der Waals surface area contributed by atoms with Crippen molar-refractivity contribution >= 4 is 28.4 Å². The summed E-state index contributed by atoms with van der Waals surface area (Å²) in [6, 6.07) is 13.5. The molecule has 0 spiro atoms. The van der Waals surface area contributed by atoms with E-state index in [-0.39, 0.29) is 23.7 Å². The van der Waals surface area contributed by atoms with Crippen molar-refractivity contribution < 1.29 is 13.6 Å². The summed E-state index contributed by atoms with van der Waals surface area (Å²) in [5.41, 5.74) is 1.53. The third-order valence-corrected chi connectivity index (χ3v) is 8.00. The number of anilines is 2. The van der Waals surface area contributed by atoms with E-state index in [1.807, 2.05) is 6.07 Å². The van der Waals surface area contributed by atoms with Crippen LogP contribution in [0.4, 0.5) is 20.3 Å². The zero-order chi connectivity index (χ0) is 30.8. The van der Waals surface area contributed by atoms with Crippen LogP contribution >= 0.6 is 0 Å². The van der Waals surface area contributed by atoms with Crippen LogP contribution in [0.25, 0.3) is 16.7 Å². The molecule has 0 unspecified atom stereocenters. The molecule has 3 N–H and O–H groups in total. The third kappa shape index (κ3) is 6.06. The van der Waals surface area contributed by atoms with Gasteiger partial charge in [-0.15, -0.1) is 0 Å². The van der Waals surface area contributed by atoms with E-state index in [0.29, 0.717) is 28.8 Å². The number of carbonyl (C=O) groups excluding carboxylic acids is 1. The highest BCUT2D eigenvalue weighted by Crippen LogP contribution is 2.28. The van der Waals surface area contributed by atoms with Crippen molar-refractivity contribution in [1.82, 2.24) is 29.9 Å². The molecular formula is C32H32F2N8O2. The molecule has 0 atom stereocenters. The standard InChI is InChI=1S/C32H32F2N8O2/c1-19(2)41-15-11-23(12-16-41)37-30-28-21(9-13-35-29(28)39-40-30)17-20-3-6-24(18-27(20)34)38-31(43)26-10-14-36-42(32(26)44)25-7-4-22(33)5-8-25/h3-10,13-14,18-19,23H,11-12,15-17H2,1-2H3,(H,38,43)(H2,35,37,39,40). The van der Waals surface area contributed by atoms with Crippen molar-refractivity contribution in [3.05, 3.63) is 106 Å². The number of carbonyl (C=O) groups is 1. The van der Waals surface area contributed by atoms with Crippen LogP contribution < -0.4 is 16.2 Å². The average molecular weight is 599 g/mol. The van der Waals surface area contributed by atoms with E-state index in [1.165, 1.54) is 42.6 Å². The largest absolute Gasteiger partial charge is 0.365 e. The second-order valence-electron chi connectivity index (χ2n) is 11.2. The SMILES string of the molecule is CC(C)N1CCC(Nc2n[nH]c3nccc(Cc4ccc(NC(=O)c5ccnn(-c6ccc(F)cc6)c5=O)cc4F)c23)CC1. The zero-order valence-electron chi connectivity index (χ0n) is 24.3. The van der Waals surface area contributed by atoms with E-state index >= 15 is 4.39 Å². The molecule has 0 saturated carbocycles. The van der Waals surface area contributed by atoms with Gasteiger partial charge in [-0.25, -0.2) is 13.8 Å². The Morgan fingerprint density at radius 1 is 1.02 bits per heavy atom. The fourth-order valence-electron chi connectivity index (χ4n) is 5.54. The van der Waals surface area contributed by atoms with Gasteiger partial charge in [-0.3, -0.25) is 14.7 Å². The minimum Gasteiger partial charge on any atom is -0.365 e. The van der Waals surface area contributed by atoms with Gasteiger partial charge in [-0.05, 0) is 86.3 Å². The van der Waals surface area contributed by atoms with Gasteiger partial charge in [0.2, 0.25) is 0 Å². The van der Waals surface area contributed by atoms with Crippen LogP contribution in [0.3, 0.4) is 0 Å². The number of amides is 1. The predicted molar refractivity (Wildman–Crippen MR) is 164 cm³/mol. The average Bonchev–Trinajstić information content (AvgIpc) is 3.43. The van der Waals surface area contributed by atoms with Gasteiger partial charge >= 0.3 is 0 Å². The molecule has 1 aliphatic rings. The number of fused-ring (bicyclic) bond motifs is 1. The molecule has 0 aliphatic carbocycles. The smallest absolute Gasteiger partial charge is 0.284 e. The molecule has 4 heterocycles. The molecule has 5 aromatic rings. The van der Waals surface area contributed by atoms with Crippen molar-refractivity contribution in [2.24, 2.45) is 0 Å². The maximum atomic E-state index is 15.4. The summed E-state index contributed by atoms with van der Waals surface area (Å²) in [7, 11) is 0. The highest BCUT2D eigenvalue weighted by atomic mass is 19.1. The number of aromatic amines is 1. The van der Waals surface area contributed by atoms with Gasteiger partial charge in [0.1, 0.15) is 17.2 Å². The third-order valence-electron chi connectivity index (χ3n) is 8.00. The fourth-order valence-corrected chi connectivity index (χ4v) is 5.54. The molecule has 1 aliphatic heterocycles. The van der Waals surface area contributed by atoms with Crippen LogP contribution in [0.15, 0.2) is 71.8 Å². The lowest BCUT2D eigenvalue weighted by Gasteiger charge is -2.34. The summed E-state index contributed by atoms with van der Waals surface area (Å²) in [6.07, 6.45) is 5.26. The second-order valence-corrected chi connectivity index (χ2v) is 11.2. The summed E-state index contributed by atoms with van der Waals surface area (Å²) in [5.74, 6) is -0.983. The van der Waals surface area contributed by atoms with E-state index in [0.717, 1.165) is 41.6 Å². The molecule has 12 heteroatoms. The monoisotopic (exact) mass is 598 g/mol. The van der Waals surface area contributed by atoms with E-state index in [9.17, 15) is 14.0 Å². The number of aromatic nitrogens is 5. The predicted octanol–water partition coefficient (Wildman–Crippen LogP) is 4.91. The Bertz CT molecular complexity index is 1860. The Kier molecular flexibility index (Phi) is 8.16. The number of rotatable bonds is 8. The molecule has 2 aromatic carbocycles. The van der Waals surface area contributed by atoms with E-state index in [4.69, 9.17) is 0 Å². The Labute approximate surface area is 252 Å². The van der Waals surface area contributed by atoms with E-state index in [2.05, 4.69) is 49.7 Å². The van der Waals surface area contributed by atoms with Crippen molar-refractivity contribution in [2.75, 3.05) is 23.7 Å². The minimum atomic E-state index is -0.718. The molecule has 6 rings (SSSR count). The van der Waals surface area contributed by atoms with Crippen LogP contribution in [-0.4, -0.2) is 60.9 Å². The number of nitrogens with zero attached hydrogens (tertiary/aromatic N) is 5. The highest BCUT2D eigenvalue weighted by Gasteiger charge is 2.23. The zero-order valence-corrected chi connectivity index (χ0v) is 24.3. The van der Waals surface area contributed by atoms with Crippen LogP contribution in [0.1, 0.15) is 48.2 Å². The molecular weight excluding hydrogens is 566 g/mol. The molecule has 0 bridgehead atoms. The number of pyridine rings is 1. The molecule has 3 aromatic heterocycles. The van der Waals surface area contributed by atoms with Crippen molar-refractivity contribution in [3.8, 4) is 5.69 Å². The fraction of sp³-hybridized carbons (Fsp3) is 0.281. The van der Waals surface area contributed by atoms with Gasteiger partial charge in [-0.1, -0.05) is 6.07 Å². The maximum Gasteiger partial charge on any atom is 0.284 e. The number of H-pyrrole nitrogens is 1. The molecule has 0 radical (unpaired) electrons. The number of halogens is 2. The lowest BCUT2D eigenvalue weighted by Crippen LogP contribution is -2.42. The first-order chi connectivity index (χ1) is 21.3. The van der Waals surface area contributed by atoms with Crippen LogP contribution in [0, 0.1) is 11.6 Å². The van der Waals surface area contributed by atoms with Gasteiger partial charge < -0.3 is 15.5 Å². The topological polar surface area (TPSA) is 121 Å². The van der Waals surface area contributed by atoms with Gasteiger partial charge in [0, 0.05) is 49.7 Å². The first kappa shape index (κ1) is 29.1. The van der Waals surface area contributed by atoms with Crippen LogP contribution in [0.5, 0.6) is 0 Å². The Hall–Kier alpha value is -4.97. The van der Waals surface area contributed by atoms with Crippen LogP contribution in [-0.2, 0) is 6.42 Å². The Morgan fingerprint density at radius 2 is 1.80 bits per heavy atom. The first-order valence-electron chi connectivity index (χ1n) is 14.5. The van der Waals surface area contributed by atoms with Gasteiger partial charge in [-0.2, -0.15) is 14.9 Å². The summed E-state index contributed by atoms with van der Waals surface area (Å²) in [4.78, 5) is 32.8. The summed E-state index contributed by atoms with van der Waals surface area (Å²) in [5, 5.41) is 18.4. The normalized spacial score (nSPS) is 14.3. The van der Waals surface area contributed by atoms with Crippen LogP contribution in [0.2, 0.25) is 0 Å². The van der Waals surface area contributed by atoms with Crippen molar-refractivity contribution in [1.29, 1.82) is 0 Å². The quantitative estimate of drug-likeness (QED) is 0.232. The number of hydrogen-bond donors (Lipinski definition) is 3. The minimum absolute atomic E-state index is 0.192. The number of benzene rings is 2. The van der Waals surface area contributed by atoms with E-state index < -0.39 is 23.1 Å². The number of piperidine rings is 1. The maximum absolute atomic E-state index is 15.4. The summed E-state index contributed by atoms with van der Waals surface area (Å²) in [6.45, 7) is 6.45. The number of likely N-dealkylation sites (tertiary alicyclic amines) is 1. The van der Waals surface area contributed by atoms with Gasteiger partial charge in [0.05, 0.1) is 11.1 Å². The lowest BCUT2D eigenvalue weighted by molar-refractivity contribution is 0.102. The Morgan fingerprint density at radius 3 is 2.52 bits per heavy atom. The molecule has 10 nitrogen and oxygen atoms in total. The number of nitrogens with one attached hydrogen (secondary N) is 3. The molecule has 1 saturated heterocycles. The molecule has 1 amide bonds. The summed E-state index contributed by atoms with van der Waals surface area (Å²) >= 11 is 0.